The van der Waals surface area contributed by atoms with E-state index in [0.717, 1.165) is 19.3 Å². The average molecular weight is 256 g/mol. The Hall–Kier alpha value is -1.14. The van der Waals surface area contributed by atoms with Crippen molar-refractivity contribution in [2.45, 2.75) is 37.8 Å². The molecule has 2 heterocycles. The van der Waals surface area contributed by atoms with E-state index >= 15 is 0 Å². The van der Waals surface area contributed by atoms with E-state index < -0.39 is 12.0 Å². The maximum atomic E-state index is 12.1. The molecule has 2 aliphatic rings. The second-order valence-corrected chi connectivity index (χ2v) is 4.84. The van der Waals surface area contributed by atoms with Gasteiger partial charge in [0.05, 0.1) is 12.5 Å². The number of aliphatic carboxylic acids is 1. The van der Waals surface area contributed by atoms with Gasteiger partial charge in [-0.05, 0) is 19.3 Å². The number of rotatable bonds is 3. The van der Waals surface area contributed by atoms with Gasteiger partial charge in [0.1, 0.15) is 6.04 Å². The quantitative estimate of drug-likeness (QED) is 0.733. The summed E-state index contributed by atoms with van der Waals surface area (Å²) in [5, 5.41) is 12.1. The van der Waals surface area contributed by atoms with Crippen molar-refractivity contribution >= 4 is 11.9 Å². The van der Waals surface area contributed by atoms with Crippen LogP contribution in [0.4, 0.5) is 0 Å². The number of hydrogen-bond donors (Lipinski definition) is 2. The Morgan fingerprint density at radius 1 is 1.39 bits per heavy atom. The Bertz CT molecular complexity index is 315. The van der Waals surface area contributed by atoms with Gasteiger partial charge in [-0.3, -0.25) is 4.79 Å². The number of carbonyl (C=O) groups excluding carboxylic acids is 1. The number of carboxylic acid groups (broad SMARTS) is 1. The molecule has 0 spiro atoms. The van der Waals surface area contributed by atoms with E-state index in [-0.39, 0.29) is 12.0 Å². The largest absolute Gasteiger partial charge is 0.480 e. The van der Waals surface area contributed by atoms with Crippen LogP contribution in [-0.4, -0.2) is 60.3 Å². The number of carbonyl (C=O) groups is 2. The zero-order valence-corrected chi connectivity index (χ0v) is 10.4. The Labute approximate surface area is 106 Å². The van der Waals surface area contributed by atoms with Crippen molar-refractivity contribution in [3.63, 3.8) is 0 Å². The lowest BCUT2D eigenvalue weighted by Crippen LogP contribution is -2.57. The summed E-state index contributed by atoms with van der Waals surface area (Å²) in [7, 11) is 0. The molecule has 0 aromatic carbocycles. The average Bonchev–Trinajstić information content (AvgIpc) is 2.40. The standard InChI is InChI=1S/C12H20N2O4/c15-11(7-9-3-1-2-6-18-9)14-5-4-13-8-10(14)12(16)17/h9-10,13H,1-8H2,(H,16,17). The number of nitrogens with one attached hydrogen (secondary N) is 1. The second-order valence-electron chi connectivity index (χ2n) is 4.84. The van der Waals surface area contributed by atoms with Gasteiger partial charge in [0.25, 0.3) is 0 Å². The fourth-order valence-electron chi connectivity index (χ4n) is 2.50. The van der Waals surface area contributed by atoms with Crippen molar-refractivity contribution in [3.8, 4) is 0 Å². The predicted octanol–water partition coefficient (Wildman–Crippen LogP) is -0.169. The minimum absolute atomic E-state index is 0.0319. The number of ether oxygens (including phenoxy) is 1. The summed E-state index contributed by atoms with van der Waals surface area (Å²) in [5.74, 6) is -1.05. The third kappa shape index (κ3) is 3.20. The Morgan fingerprint density at radius 2 is 2.22 bits per heavy atom. The molecule has 0 aliphatic carbocycles. The zero-order valence-electron chi connectivity index (χ0n) is 10.4. The van der Waals surface area contributed by atoms with Crippen LogP contribution in [0.1, 0.15) is 25.7 Å². The summed E-state index contributed by atoms with van der Waals surface area (Å²) in [5.41, 5.74) is 0. The molecule has 2 N–H and O–H groups in total. The third-order valence-corrected chi connectivity index (χ3v) is 3.53. The van der Waals surface area contributed by atoms with Crippen molar-refractivity contribution in [3.05, 3.63) is 0 Å². The van der Waals surface area contributed by atoms with Gasteiger partial charge in [0.15, 0.2) is 0 Å². The van der Waals surface area contributed by atoms with Crippen LogP contribution >= 0.6 is 0 Å². The molecule has 0 radical (unpaired) electrons. The molecule has 2 atom stereocenters. The van der Waals surface area contributed by atoms with Crippen molar-refractivity contribution in [1.82, 2.24) is 10.2 Å². The SMILES string of the molecule is O=C(O)C1CNCCN1C(=O)CC1CCCCO1. The number of hydrogen-bond acceptors (Lipinski definition) is 4. The van der Waals surface area contributed by atoms with Crippen molar-refractivity contribution in [2.75, 3.05) is 26.2 Å². The lowest BCUT2D eigenvalue weighted by Gasteiger charge is -2.34. The molecule has 0 bridgehead atoms. The van der Waals surface area contributed by atoms with Gasteiger partial charge in [-0.25, -0.2) is 4.79 Å². The Morgan fingerprint density at radius 3 is 2.89 bits per heavy atom. The molecule has 2 rings (SSSR count). The third-order valence-electron chi connectivity index (χ3n) is 3.53. The number of amides is 1. The lowest BCUT2D eigenvalue weighted by atomic mass is 10.0. The second kappa shape index (κ2) is 6.15. The lowest BCUT2D eigenvalue weighted by molar-refractivity contribution is -0.152. The van der Waals surface area contributed by atoms with Gasteiger partial charge in [0.2, 0.25) is 5.91 Å². The molecular weight excluding hydrogens is 236 g/mol. The highest BCUT2D eigenvalue weighted by Gasteiger charge is 2.33. The summed E-state index contributed by atoms with van der Waals surface area (Å²) in [6.07, 6.45) is 3.31. The molecule has 0 aromatic heterocycles. The van der Waals surface area contributed by atoms with Crippen molar-refractivity contribution in [1.29, 1.82) is 0 Å². The Balaban J connectivity index is 1.91. The summed E-state index contributed by atoms with van der Waals surface area (Å²) in [4.78, 5) is 24.7. The molecule has 2 saturated heterocycles. The molecule has 0 saturated carbocycles. The highest BCUT2D eigenvalue weighted by Crippen LogP contribution is 2.17. The first-order chi connectivity index (χ1) is 8.68. The van der Waals surface area contributed by atoms with Crippen molar-refractivity contribution < 1.29 is 19.4 Å². The van der Waals surface area contributed by atoms with E-state index in [1.807, 2.05) is 0 Å². The minimum atomic E-state index is -0.944. The van der Waals surface area contributed by atoms with Gasteiger partial charge in [0, 0.05) is 26.2 Å². The highest BCUT2D eigenvalue weighted by molar-refractivity contribution is 5.84. The van der Waals surface area contributed by atoms with Crippen LogP contribution < -0.4 is 5.32 Å². The molecule has 18 heavy (non-hydrogen) atoms. The number of piperazine rings is 1. The van der Waals surface area contributed by atoms with Gasteiger partial charge in [-0.15, -0.1) is 0 Å². The fourth-order valence-corrected chi connectivity index (χ4v) is 2.50. The molecular formula is C12H20N2O4. The van der Waals surface area contributed by atoms with Gasteiger partial charge < -0.3 is 20.1 Å². The van der Waals surface area contributed by atoms with Crippen LogP contribution in [-0.2, 0) is 14.3 Å². The molecule has 2 fully saturated rings. The van der Waals surface area contributed by atoms with E-state index in [2.05, 4.69) is 5.32 Å². The summed E-state index contributed by atoms with van der Waals surface area (Å²) in [6.45, 7) is 2.15. The van der Waals surface area contributed by atoms with Crippen LogP contribution in [0.2, 0.25) is 0 Å². The van der Waals surface area contributed by atoms with Gasteiger partial charge in [-0.1, -0.05) is 0 Å². The van der Waals surface area contributed by atoms with E-state index in [4.69, 9.17) is 9.84 Å². The molecule has 2 unspecified atom stereocenters. The molecule has 102 valence electrons. The van der Waals surface area contributed by atoms with E-state index in [1.165, 1.54) is 4.90 Å². The van der Waals surface area contributed by atoms with Crippen LogP contribution in [0, 0.1) is 0 Å². The maximum Gasteiger partial charge on any atom is 0.327 e. The van der Waals surface area contributed by atoms with Crippen LogP contribution in [0.15, 0.2) is 0 Å². The smallest absolute Gasteiger partial charge is 0.327 e. The molecule has 6 heteroatoms. The topological polar surface area (TPSA) is 78.9 Å². The summed E-state index contributed by atoms with van der Waals surface area (Å²) in [6, 6.07) is -0.741. The normalized spacial score (nSPS) is 29.0. The molecule has 6 nitrogen and oxygen atoms in total. The van der Waals surface area contributed by atoms with Crippen LogP contribution in [0.3, 0.4) is 0 Å². The van der Waals surface area contributed by atoms with Gasteiger partial charge >= 0.3 is 5.97 Å². The molecule has 1 amide bonds. The summed E-state index contributed by atoms with van der Waals surface area (Å²) < 4.78 is 5.52. The van der Waals surface area contributed by atoms with E-state index in [9.17, 15) is 9.59 Å². The highest BCUT2D eigenvalue weighted by atomic mass is 16.5. The minimum Gasteiger partial charge on any atom is -0.480 e. The Kier molecular flexibility index (Phi) is 4.54. The predicted molar refractivity (Wildman–Crippen MR) is 64.2 cm³/mol. The van der Waals surface area contributed by atoms with E-state index in [1.54, 1.807) is 0 Å². The zero-order chi connectivity index (χ0) is 13.0. The van der Waals surface area contributed by atoms with Gasteiger partial charge in [-0.2, -0.15) is 0 Å². The molecule has 2 aliphatic heterocycles. The summed E-state index contributed by atoms with van der Waals surface area (Å²) >= 11 is 0. The van der Waals surface area contributed by atoms with E-state index in [0.29, 0.717) is 32.7 Å². The maximum absolute atomic E-state index is 12.1. The number of carboxylic acids is 1. The van der Waals surface area contributed by atoms with Crippen LogP contribution in [0.5, 0.6) is 0 Å². The first kappa shape index (κ1) is 13.3. The molecule has 0 aromatic rings. The first-order valence-electron chi connectivity index (χ1n) is 6.53. The van der Waals surface area contributed by atoms with Crippen LogP contribution in [0.25, 0.3) is 0 Å². The first-order valence-corrected chi connectivity index (χ1v) is 6.53. The number of nitrogens with zero attached hydrogens (tertiary/aromatic N) is 1. The fraction of sp³-hybridized carbons (Fsp3) is 0.833. The van der Waals surface area contributed by atoms with Crippen molar-refractivity contribution in [2.24, 2.45) is 0 Å². The monoisotopic (exact) mass is 256 g/mol.